The molecular formula is C30H31N3O9. The number of ketones is 2. The highest BCUT2D eigenvalue weighted by Crippen LogP contribution is 2.53. The number of aliphatic hydroxyl groups excluding tert-OH is 2. The number of aromatic hydroxyl groups is 1. The largest absolute Gasteiger partial charge is 0.510 e. The maximum atomic E-state index is 14.0. The lowest BCUT2D eigenvalue weighted by molar-refractivity contribution is -0.148. The fourth-order valence-corrected chi connectivity index (χ4v) is 6.63. The van der Waals surface area contributed by atoms with Crippen molar-refractivity contribution in [1.29, 1.82) is 0 Å². The van der Waals surface area contributed by atoms with E-state index in [1.54, 1.807) is 38.4 Å². The summed E-state index contributed by atoms with van der Waals surface area (Å²) in [4.78, 5) is 45.9. The second-order valence-corrected chi connectivity index (χ2v) is 10.8. The van der Waals surface area contributed by atoms with E-state index in [4.69, 9.17) is 15.3 Å². The Morgan fingerprint density at radius 3 is 2.45 bits per heavy atom. The standard InChI is InChI=1S/C30H31N3O9/c1-33(2)24-18-11-14-10-17-15(16-9-13(12-32-42-4)5-8-20(16)41-3)6-7-19(34)22(17)25(35)21(14)27(37)30(18,40)28(38)23(26(24)36)29(31)39/h5-9,12,14,18,24,34,36-37,40H,10-11H2,1-4H3,(H2,31,39)/b32-12+/t14-,18-,24-,30-/m0/s1. The fourth-order valence-electron chi connectivity index (χ4n) is 6.63. The zero-order valence-electron chi connectivity index (χ0n) is 23.4. The van der Waals surface area contributed by atoms with Crippen LogP contribution in [0.25, 0.3) is 11.1 Å². The molecule has 2 aromatic rings. The average molecular weight is 578 g/mol. The second-order valence-electron chi connectivity index (χ2n) is 10.8. The van der Waals surface area contributed by atoms with Crippen molar-refractivity contribution in [3.8, 4) is 22.6 Å². The van der Waals surface area contributed by atoms with Crippen molar-refractivity contribution in [2.24, 2.45) is 22.7 Å². The van der Waals surface area contributed by atoms with E-state index < -0.39 is 58.0 Å². The van der Waals surface area contributed by atoms with Gasteiger partial charge in [-0.25, -0.2) is 0 Å². The lowest BCUT2D eigenvalue weighted by Crippen LogP contribution is -2.63. The molecular weight excluding hydrogens is 546 g/mol. The number of rotatable bonds is 6. The Kier molecular flexibility index (Phi) is 7.07. The summed E-state index contributed by atoms with van der Waals surface area (Å²) >= 11 is 0. The van der Waals surface area contributed by atoms with Gasteiger partial charge in [0.1, 0.15) is 35.7 Å². The number of oxime groups is 1. The fraction of sp³-hybridized carbons (Fsp3) is 0.333. The number of amides is 1. The van der Waals surface area contributed by atoms with E-state index in [1.807, 2.05) is 0 Å². The molecule has 0 aliphatic heterocycles. The number of phenolic OH excluding ortho intramolecular Hbond substituents is 1. The maximum Gasteiger partial charge on any atom is 0.255 e. The Morgan fingerprint density at radius 1 is 1.12 bits per heavy atom. The summed E-state index contributed by atoms with van der Waals surface area (Å²) in [6.45, 7) is 0. The number of allylic oxidation sites excluding steroid dienone is 1. The molecule has 12 nitrogen and oxygen atoms in total. The van der Waals surface area contributed by atoms with E-state index in [0.29, 0.717) is 28.0 Å². The van der Waals surface area contributed by atoms with Crippen LogP contribution in [-0.4, -0.2) is 89.0 Å². The molecule has 2 aromatic carbocycles. The van der Waals surface area contributed by atoms with Gasteiger partial charge in [0.05, 0.1) is 24.9 Å². The van der Waals surface area contributed by atoms with Crippen molar-refractivity contribution < 1.29 is 44.4 Å². The summed E-state index contributed by atoms with van der Waals surface area (Å²) in [5, 5.41) is 48.8. The number of hydrogen-bond donors (Lipinski definition) is 5. The van der Waals surface area contributed by atoms with E-state index in [1.165, 1.54) is 31.4 Å². The minimum atomic E-state index is -2.70. The van der Waals surface area contributed by atoms with Crippen molar-refractivity contribution in [1.82, 2.24) is 4.90 Å². The van der Waals surface area contributed by atoms with Crippen molar-refractivity contribution >= 4 is 23.7 Å². The molecule has 0 unspecified atom stereocenters. The van der Waals surface area contributed by atoms with Crippen LogP contribution in [0.15, 0.2) is 58.2 Å². The molecule has 1 amide bonds. The number of ether oxygens (including phenoxy) is 1. The first-order chi connectivity index (χ1) is 19.9. The quantitative estimate of drug-likeness (QED) is 0.192. The van der Waals surface area contributed by atoms with Crippen LogP contribution in [0.4, 0.5) is 0 Å². The van der Waals surface area contributed by atoms with Gasteiger partial charge in [-0.15, -0.1) is 0 Å². The summed E-state index contributed by atoms with van der Waals surface area (Å²) in [6.07, 6.45) is 1.62. The number of fused-ring (bicyclic) bond motifs is 3. The van der Waals surface area contributed by atoms with E-state index in [2.05, 4.69) is 5.16 Å². The number of phenols is 1. The monoisotopic (exact) mass is 577 g/mol. The van der Waals surface area contributed by atoms with Crippen LogP contribution < -0.4 is 10.5 Å². The molecule has 0 saturated heterocycles. The molecule has 12 heteroatoms. The molecule has 4 atom stereocenters. The molecule has 5 rings (SSSR count). The topological polar surface area (TPSA) is 192 Å². The minimum Gasteiger partial charge on any atom is -0.510 e. The molecule has 0 heterocycles. The number of methoxy groups -OCH3 is 1. The zero-order chi connectivity index (χ0) is 30.7. The number of nitrogens with zero attached hydrogens (tertiary/aromatic N) is 2. The Hall–Kier alpha value is -4.68. The highest BCUT2D eigenvalue weighted by Gasteiger charge is 2.63. The van der Waals surface area contributed by atoms with Crippen LogP contribution in [0, 0.1) is 11.8 Å². The summed E-state index contributed by atoms with van der Waals surface area (Å²) in [5.41, 5.74) is 3.87. The van der Waals surface area contributed by atoms with Gasteiger partial charge in [0, 0.05) is 17.1 Å². The van der Waals surface area contributed by atoms with Crippen LogP contribution >= 0.6 is 0 Å². The van der Waals surface area contributed by atoms with E-state index in [9.17, 15) is 34.8 Å². The van der Waals surface area contributed by atoms with Crippen LogP contribution in [0.5, 0.6) is 11.5 Å². The van der Waals surface area contributed by atoms with Crippen LogP contribution in [0.2, 0.25) is 0 Å². The first-order valence-corrected chi connectivity index (χ1v) is 13.1. The summed E-state index contributed by atoms with van der Waals surface area (Å²) in [5.74, 6) is -6.54. The Morgan fingerprint density at radius 2 is 1.83 bits per heavy atom. The SMILES string of the molecule is CO/N=C/c1ccc(OC)c(-c2ccc(O)c3c2C[C@H]2C[C@H]4[C@H](N(C)C)C(O)=C(C(N)=O)C(=O)[C@@]4(O)C(O)=C2C3=O)c1. The number of primary amides is 1. The van der Waals surface area contributed by atoms with Gasteiger partial charge in [-0.05, 0) is 73.8 Å². The van der Waals surface area contributed by atoms with E-state index in [0.717, 1.165) is 0 Å². The van der Waals surface area contributed by atoms with E-state index in [-0.39, 0.29) is 29.7 Å². The predicted molar refractivity (Wildman–Crippen MR) is 150 cm³/mol. The third-order valence-corrected chi connectivity index (χ3v) is 8.43. The Labute approximate surface area is 240 Å². The summed E-state index contributed by atoms with van der Waals surface area (Å²) < 4.78 is 5.59. The maximum absolute atomic E-state index is 14.0. The summed E-state index contributed by atoms with van der Waals surface area (Å²) in [7, 11) is 6.08. The van der Waals surface area contributed by atoms with E-state index >= 15 is 0 Å². The first-order valence-electron chi connectivity index (χ1n) is 13.1. The Balaban J connectivity index is 1.72. The molecule has 220 valence electrons. The normalized spacial score (nSPS) is 25.4. The average Bonchev–Trinajstić information content (AvgIpc) is 2.93. The van der Waals surface area contributed by atoms with Crippen LogP contribution in [0.1, 0.15) is 27.9 Å². The lowest BCUT2D eigenvalue weighted by atomic mass is 9.58. The number of carbonyl (C=O) groups excluding carboxylic acids is 3. The lowest BCUT2D eigenvalue weighted by Gasteiger charge is -2.50. The number of nitrogens with two attached hydrogens (primary N) is 1. The molecule has 3 aliphatic carbocycles. The molecule has 0 spiro atoms. The zero-order valence-corrected chi connectivity index (χ0v) is 23.4. The molecule has 6 N–H and O–H groups in total. The highest BCUT2D eigenvalue weighted by atomic mass is 16.6. The third kappa shape index (κ3) is 4.05. The van der Waals surface area contributed by atoms with Gasteiger partial charge in [0.15, 0.2) is 11.4 Å². The van der Waals surface area contributed by atoms with Gasteiger partial charge in [0.25, 0.3) is 5.91 Å². The van der Waals surface area contributed by atoms with Gasteiger partial charge in [0.2, 0.25) is 5.78 Å². The number of carbonyl (C=O) groups is 3. The van der Waals surface area contributed by atoms with Crippen molar-refractivity contribution in [3.05, 3.63) is 69.7 Å². The number of aliphatic hydroxyl groups is 3. The van der Waals surface area contributed by atoms with Gasteiger partial charge in [-0.3, -0.25) is 19.3 Å². The third-order valence-electron chi connectivity index (χ3n) is 8.43. The molecule has 0 saturated carbocycles. The van der Waals surface area contributed by atoms with Gasteiger partial charge in [-0.2, -0.15) is 0 Å². The number of Topliss-reactive ketones (excluding diaryl/α,β-unsaturated/α-hetero) is 2. The van der Waals surface area contributed by atoms with Gasteiger partial charge < -0.3 is 35.7 Å². The van der Waals surface area contributed by atoms with Gasteiger partial charge >= 0.3 is 0 Å². The second kappa shape index (κ2) is 10.3. The minimum absolute atomic E-state index is 0.0153. The Bertz CT molecular complexity index is 1620. The first kappa shape index (κ1) is 28.8. The molecule has 0 bridgehead atoms. The smallest absolute Gasteiger partial charge is 0.255 e. The molecule has 0 radical (unpaired) electrons. The van der Waals surface area contributed by atoms with Crippen LogP contribution in [0.3, 0.4) is 0 Å². The highest BCUT2D eigenvalue weighted by molar-refractivity contribution is 6.25. The molecule has 42 heavy (non-hydrogen) atoms. The van der Waals surface area contributed by atoms with Gasteiger partial charge in [-0.1, -0.05) is 11.2 Å². The van der Waals surface area contributed by atoms with Crippen LogP contribution in [-0.2, 0) is 20.8 Å². The molecule has 0 fully saturated rings. The molecule has 0 aromatic heterocycles. The van der Waals surface area contributed by atoms with Crippen molar-refractivity contribution in [2.75, 3.05) is 28.3 Å². The van der Waals surface area contributed by atoms with Crippen molar-refractivity contribution in [2.45, 2.75) is 24.5 Å². The predicted octanol–water partition coefficient (Wildman–Crippen LogP) is 1.78. The molecule has 3 aliphatic rings. The number of likely N-dealkylation sites (N-methyl/N-ethyl adjacent to an activating group) is 1. The number of benzene rings is 2. The van der Waals surface area contributed by atoms with Crippen molar-refractivity contribution in [3.63, 3.8) is 0 Å². The number of hydrogen-bond acceptors (Lipinski definition) is 11. The summed E-state index contributed by atoms with van der Waals surface area (Å²) in [6, 6.07) is 7.22.